The van der Waals surface area contributed by atoms with Crippen LogP contribution in [0.25, 0.3) is 0 Å². The summed E-state index contributed by atoms with van der Waals surface area (Å²) in [4.78, 5) is 17.0. The Hall–Kier alpha value is -3.70. The van der Waals surface area contributed by atoms with E-state index in [1.807, 2.05) is 78.9 Å². The number of H-pyrrole nitrogens is 1. The van der Waals surface area contributed by atoms with Gasteiger partial charge in [-0.25, -0.2) is 0 Å². The molecule has 0 bridgehead atoms. The van der Waals surface area contributed by atoms with Crippen molar-refractivity contribution in [2.24, 2.45) is 0 Å². The van der Waals surface area contributed by atoms with E-state index in [0.717, 1.165) is 11.1 Å². The minimum absolute atomic E-state index is 0.158. The number of hydrogen-bond donors (Lipinski definition) is 3. The van der Waals surface area contributed by atoms with Crippen molar-refractivity contribution in [1.29, 1.82) is 0 Å². The van der Waals surface area contributed by atoms with Crippen LogP contribution in [0.4, 0.5) is 11.5 Å². The molecule has 1 aromatic heterocycles. The number of rotatable bonds is 8. The highest BCUT2D eigenvalue weighted by Gasteiger charge is 2.23. The molecule has 0 unspecified atom stereocenters. The lowest BCUT2D eigenvalue weighted by molar-refractivity contribution is 0.103. The number of thiocarbonyl (C=S) groups is 1. The normalized spacial score (nSPS) is 10.6. The minimum atomic E-state index is -0.158. The maximum atomic E-state index is 13.1. The Kier molecular flexibility index (Phi) is 6.24. The Balaban J connectivity index is 1.68. The van der Waals surface area contributed by atoms with Crippen LogP contribution in [0.1, 0.15) is 32.7 Å². The van der Waals surface area contributed by atoms with Gasteiger partial charge in [0.05, 0.1) is 11.3 Å². The van der Waals surface area contributed by atoms with Crippen molar-refractivity contribution in [1.82, 2.24) is 4.98 Å². The molecule has 0 aliphatic heterocycles. The van der Waals surface area contributed by atoms with E-state index in [4.69, 9.17) is 18.0 Å². The number of nitrogen functional groups attached to an aromatic ring is 1. The summed E-state index contributed by atoms with van der Waals surface area (Å²) in [6.07, 6.45) is 0.567. The van der Waals surface area contributed by atoms with Gasteiger partial charge in [0.2, 0.25) is 5.78 Å². The molecule has 4 nitrogen and oxygen atoms in total. The molecule has 0 radical (unpaired) electrons. The summed E-state index contributed by atoms with van der Waals surface area (Å²) in [6.45, 7) is 0.584. The highest BCUT2D eigenvalue weighted by molar-refractivity contribution is 7.80. The third-order valence-electron chi connectivity index (χ3n) is 5.10. The molecule has 0 amide bonds. The summed E-state index contributed by atoms with van der Waals surface area (Å²) in [5.74, 6) is 0.510. The summed E-state index contributed by atoms with van der Waals surface area (Å²) in [7, 11) is 0. The van der Waals surface area contributed by atoms with Crippen LogP contribution >= 0.6 is 12.2 Å². The molecule has 0 aliphatic carbocycles. The van der Waals surface area contributed by atoms with Gasteiger partial charge in [0.25, 0.3) is 0 Å². The molecule has 154 valence electrons. The Morgan fingerprint density at radius 1 is 0.839 bits per heavy atom. The standard InChI is InChI=1S/C26H23N3OS/c27-23-22(21(31)16-18-10-4-1-5-11-18)26(28-17-19-12-6-2-7-13-19)29-24(23)25(30)20-14-8-3-9-15-20/h1-15,28-29H,16-17,27H2. The molecule has 0 saturated heterocycles. The lowest BCUT2D eigenvalue weighted by Gasteiger charge is -2.10. The van der Waals surface area contributed by atoms with E-state index in [1.165, 1.54) is 0 Å². The number of anilines is 2. The van der Waals surface area contributed by atoms with Gasteiger partial charge < -0.3 is 16.0 Å². The fourth-order valence-corrected chi connectivity index (χ4v) is 3.88. The quantitative estimate of drug-likeness (QED) is 0.261. The number of hydrogen-bond acceptors (Lipinski definition) is 4. The molecule has 4 rings (SSSR count). The number of aromatic amines is 1. The zero-order chi connectivity index (χ0) is 21.6. The summed E-state index contributed by atoms with van der Waals surface area (Å²) < 4.78 is 0. The van der Waals surface area contributed by atoms with Crippen LogP contribution in [-0.4, -0.2) is 15.6 Å². The van der Waals surface area contributed by atoms with Crippen LogP contribution in [0.3, 0.4) is 0 Å². The maximum Gasteiger partial charge on any atom is 0.211 e. The second kappa shape index (κ2) is 9.41. The molecular formula is C26H23N3OS. The van der Waals surface area contributed by atoms with E-state index >= 15 is 0 Å². The fraction of sp³-hybridized carbons (Fsp3) is 0.0769. The highest BCUT2D eigenvalue weighted by Crippen LogP contribution is 2.30. The molecule has 0 atom stereocenters. The smallest absolute Gasteiger partial charge is 0.211 e. The molecule has 4 N–H and O–H groups in total. The number of ketones is 1. The van der Waals surface area contributed by atoms with Crippen LogP contribution in [0.2, 0.25) is 0 Å². The number of nitrogens with one attached hydrogen (secondary N) is 2. The molecule has 3 aromatic carbocycles. The monoisotopic (exact) mass is 425 g/mol. The molecular weight excluding hydrogens is 402 g/mol. The molecule has 0 aliphatic rings. The van der Waals surface area contributed by atoms with E-state index in [0.29, 0.717) is 46.2 Å². The zero-order valence-corrected chi connectivity index (χ0v) is 17.8. The molecule has 5 heteroatoms. The third-order valence-corrected chi connectivity index (χ3v) is 5.45. The van der Waals surface area contributed by atoms with Gasteiger partial charge in [0.1, 0.15) is 11.5 Å². The van der Waals surface area contributed by atoms with E-state index in [-0.39, 0.29) is 5.78 Å². The van der Waals surface area contributed by atoms with Gasteiger partial charge in [0.15, 0.2) is 0 Å². The van der Waals surface area contributed by atoms with Crippen LogP contribution in [0, 0.1) is 0 Å². The summed E-state index contributed by atoms with van der Waals surface area (Å²) in [5.41, 5.74) is 10.7. The SMILES string of the molecule is Nc1c(C(=O)c2ccccc2)[nH]c(NCc2ccccc2)c1C(=S)Cc1ccccc1. The lowest BCUT2D eigenvalue weighted by Crippen LogP contribution is -2.09. The number of aromatic nitrogens is 1. The summed E-state index contributed by atoms with van der Waals surface area (Å²) in [6, 6.07) is 29.1. The Bertz CT molecular complexity index is 1190. The van der Waals surface area contributed by atoms with Crippen LogP contribution in [0.15, 0.2) is 91.0 Å². The van der Waals surface area contributed by atoms with Gasteiger partial charge >= 0.3 is 0 Å². The van der Waals surface area contributed by atoms with Crippen molar-refractivity contribution in [2.45, 2.75) is 13.0 Å². The van der Waals surface area contributed by atoms with Crippen LogP contribution in [-0.2, 0) is 13.0 Å². The van der Waals surface area contributed by atoms with Gasteiger partial charge in [-0.05, 0) is 11.1 Å². The van der Waals surface area contributed by atoms with Crippen molar-refractivity contribution in [2.75, 3.05) is 11.1 Å². The molecule has 31 heavy (non-hydrogen) atoms. The van der Waals surface area contributed by atoms with E-state index < -0.39 is 0 Å². The van der Waals surface area contributed by atoms with Gasteiger partial charge in [-0.2, -0.15) is 0 Å². The first-order valence-electron chi connectivity index (χ1n) is 10.1. The van der Waals surface area contributed by atoms with E-state index in [9.17, 15) is 4.79 Å². The van der Waals surface area contributed by atoms with Crippen molar-refractivity contribution < 1.29 is 4.79 Å². The first kappa shape index (κ1) is 20.6. The van der Waals surface area contributed by atoms with Gasteiger partial charge in [-0.15, -0.1) is 0 Å². The molecule has 0 fully saturated rings. The summed E-state index contributed by atoms with van der Waals surface area (Å²) in [5, 5.41) is 3.39. The van der Waals surface area contributed by atoms with Gasteiger partial charge in [0, 0.05) is 23.4 Å². The van der Waals surface area contributed by atoms with E-state index in [2.05, 4.69) is 10.3 Å². The minimum Gasteiger partial charge on any atom is -0.396 e. The topological polar surface area (TPSA) is 70.9 Å². The van der Waals surface area contributed by atoms with Crippen molar-refractivity contribution in [3.63, 3.8) is 0 Å². The third kappa shape index (κ3) is 4.73. The van der Waals surface area contributed by atoms with E-state index in [1.54, 1.807) is 12.1 Å². The molecule has 0 spiro atoms. The first-order valence-corrected chi connectivity index (χ1v) is 10.5. The second-order valence-electron chi connectivity index (χ2n) is 7.28. The Morgan fingerprint density at radius 2 is 1.39 bits per heavy atom. The Labute approximate surface area is 187 Å². The largest absolute Gasteiger partial charge is 0.396 e. The number of carbonyl (C=O) groups is 1. The average molecular weight is 426 g/mol. The van der Waals surface area contributed by atoms with Gasteiger partial charge in [-0.3, -0.25) is 4.79 Å². The molecule has 1 heterocycles. The van der Waals surface area contributed by atoms with Crippen LogP contribution in [0.5, 0.6) is 0 Å². The zero-order valence-electron chi connectivity index (χ0n) is 17.0. The van der Waals surface area contributed by atoms with Gasteiger partial charge in [-0.1, -0.05) is 103 Å². The van der Waals surface area contributed by atoms with Crippen LogP contribution < -0.4 is 11.1 Å². The predicted octanol–water partition coefficient (Wildman–Crippen LogP) is 5.40. The van der Waals surface area contributed by atoms with Crippen molar-refractivity contribution in [3.8, 4) is 0 Å². The highest BCUT2D eigenvalue weighted by atomic mass is 32.1. The molecule has 4 aromatic rings. The second-order valence-corrected chi connectivity index (χ2v) is 7.78. The maximum absolute atomic E-state index is 13.1. The summed E-state index contributed by atoms with van der Waals surface area (Å²) >= 11 is 5.77. The predicted molar refractivity (Wildman–Crippen MR) is 131 cm³/mol. The average Bonchev–Trinajstić information content (AvgIpc) is 3.15. The number of nitrogens with two attached hydrogens (primary N) is 1. The lowest BCUT2D eigenvalue weighted by atomic mass is 10.0. The van der Waals surface area contributed by atoms with Crippen molar-refractivity contribution in [3.05, 3.63) is 119 Å². The van der Waals surface area contributed by atoms with Crippen molar-refractivity contribution >= 4 is 34.4 Å². The number of benzene rings is 3. The first-order chi connectivity index (χ1) is 15.1. The number of carbonyl (C=O) groups excluding carboxylic acids is 1. The Morgan fingerprint density at radius 3 is 2.00 bits per heavy atom. The molecule has 0 saturated carbocycles. The fourth-order valence-electron chi connectivity index (χ4n) is 3.51.